The Kier molecular flexibility index (Phi) is 4.92. The molecule has 1 heterocycles. The Balaban J connectivity index is 2.25. The summed E-state index contributed by atoms with van der Waals surface area (Å²) in [7, 11) is -3.03. The first-order chi connectivity index (χ1) is 9.78. The second kappa shape index (κ2) is 6.20. The molecule has 7 heteroatoms. The van der Waals surface area contributed by atoms with Gasteiger partial charge < -0.3 is 10.6 Å². The number of carbonyl (C=O) groups excluding carboxylic acids is 1. The highest BCUT2D eigenvalue weighted by Gasteiger charge is 2.46. The molecule has 1 aliphatic heterocycles. The molecule has 2 aliphatic rings. The lowest BCUT2D eigenvalue weighted by Gasteiger charge is -2.40. The molecule has 2 rings (SSSR count). The minimum absolute atomic E-state index is 0.0339. The van der Waals surface area contributed by atoms with Crippen molar-refractivity contribution in [2.24, 2.45) is 11.1 Å². The van der Waals surface area contributed by atoms with Gasteiger partial charge in [-0.2, -0.15) is 0 Å². The summed E-state index contributed by atoms with van der Waals surface area (Å²) in [5, 5.41) is 0. The second-order valence-corrected chi connectivity index (χ2v) is 8.99. The standard InChI is InChI=1S/C14H24N2O3S2/c1-11-10-21(18,19)9-8-16(11)13(17)14(12(15)20)6-4-2-3-5-7-14/h11H,2-10H2,1H3,(H2,15,20). The minimum atomic E-state index is -3.03. The Morgan fingerprint density at radius 2 is 1.81 bits per heavy atom. The maximum Gasteiger partial charge on any atom is 0.235 e. The summed E-state index contributed by atoms with van der Waals surface area (Å²) in [6.07, 6.45) is 5.48. The molecule has 120 valence electrons. The smallest absolute Gasteiger partial charge is 0.235 e. The molecule has 1 saturated carbocycles. The first-order valence-electron chi connectivity index (χ1n) is 7.60. The Morgan fingerprint density at radius 3 is 2.29 bits per heavy atom. The van der Waals surface area contributed by atoms with E-state index in [-0.39, 0.29) is 35.0 Å². The van der Waals surface area contributed by atoms with Gasteiger partial charge in [-0.15, -0.1) is 0 Å². The van der Waals surface area contributed by atoms with E-state index in [0.29, 0.717) is 12.8 Å². The van der Waals surface area contributed by atoms with Crippen molar-refractivity contribution < 1.29 is 13.2 Å². The number of carbonyl (C=O) groups is 1. The number of rotatable bonds is 2. The van der Waals surface area contributed by atoms with Crippen LogP contribution in [0.5, 0.6) is 0 Å². The number of thiocarbonyl (C=S) groups is 1. The van der Waals surface area contributed by atoms with E-state index in [1.165, 1.54) is 0 Å². The van der Waals surface area contributed by atoms with Crippen molar-refractivity contribution in [3.63, 3.8) is 0 Å². The molecule has 5 nitrogen and oxygen atoms in total. The molecule has 0 aromatic heterocycles. The summed E-state index contributed by atoms with van der Waals surface area (Å²) in [6.45, 7) is 2.05. The van der Waals surface area contributed by atoms with E-state index >= 15 is 0 Å². The van der Waals surface area contributed by atoms with E-state index in [9.17, 15) is 13.2 Å². The maximum absolute atomic E-state index is 13.1. The van der Waals surface area contributed by atoms with Gasteiger partial charge in [0.2, 0.25) is 5.91 Å². The van der Waals surface area contributed by atoms with Crippen molar-refractivity contribution in [2.75, 3.05) is 18.1 Å². The van der Waals surface area contributed by atoms with E-state index in [1.807, 2.05) is 0 Å². The first kappa shape index (κ1) is 16.7. The molecule has 1 amide bonds. The number of hydrogen-bond donors (Lipinski definition) is 1. The van der Waals surface area contributed by atoms with E-state index in [1.54, 1.807) is 11.8 Å². The summed E-state index contributed by atoms with van der Waals surface area (Å²) in [6, 6.07) is -0.300. The molecular weight excluding hydrogens is 308 g/mol. The van der Waals surface area contributed by atoms with Crippen molar-refractivity contribution >= 4 is 33.0 Å². The SMILES string of the molecule is CC1CS(=O)(=O)CCN1C(=O)C1(C(N)=S)CCCCCC1. The highest BCUT2D eigenvalue weighted by atomic mass is 32.2. The highest BCUT2D eigenvalue weighted by molar-refractivity contribution is 7.91. The predicted octanol–water partition coefficient (Wildman–Crippen LogP) is 1.26. The minimum Gasteiger partial charge on any atom is -0.392 e. The van der Waals surface area contributed by atoms with Gasteiger partial charge in [-0.1, -0.05) is 37.9 Å². The third-order valence-electron chi connectivity index (χ3n) is 4.77. The molecule has 21 heavy (non-hydrogen) atoms. The van der Waals surface area contributed by atoms with Crippen LogP contribution in [-0.2, 0) is 14.6 Å². The first-order valence-corrected chi connectivity index (χ1v) is 9.83. The van der Waals surface area contributed by atoms with Crippen LogP contribution in [0.4, 0.5) is 0 Å². The zero-order valence-electron chi connectivity index (χ0n) is 12.5. The molecule has 2 N–H and O–H groups in total. The van der Waals surface area contributed by atoms with Crippen LogP contribution < -0.4 is 5.73 Å². The van der Waals surface area contributed by atoms with Gasteiger partial charge >= 0.3 is 0 Å². The third-order valence-corrected chi connectivity index (χ3v) is 6.95. The lowest BCUT2D eigenvalue weighted by Crippen LogP contribution is -2.57. The molecular formula is C14H24N2O3S2. The normalized spacial score (nSPS) is 28.6. The fraction of sp³-hybridized carbons (Fsp3) is 0.857. The van der Waals surface area contributed by atoms with E-state index in [0.717, 1.165) is 25.7 Å². The lowest BCUT2D eigenvalue weighted by atomic mass is 9.78. The molecule has 1 aliphatic carbocycles. The van der Waals surface area contributed by atoms with Gasteiger partial charge in [0.1, 0.15) is 0 Å². The number of nitrogens with zero attached hydrogens (tertiary/aromatic N) is 1. The Morgan fingerprint density at radius 1 is 1.24 bits per heavy atom. The van der Waals surface area contributed by atoms with Gasteiger partial charge in [0, 0.05) is 12.6 Å². The van der Waals surface area contributed by atoms with Gasteiger partial charge in [-0.25, -0.2) is 8.42 Å². The molecule has 0 bridgehead atoms. The quantitative estimate of drug-likeness (QED) is 0.608. The van der Waals surface area contributed by atoms with E-state index < -0.39 is 15.3 Å². The maximum atomic E-state index is 13.1. The molecule has 0 radical (unpaired) electrons. The number of amides is 1. The molecule has 1 saturated heterocycles. The van der Waals surface area contributed by atoms with Crippen LogP contribution in [0.15, 0.2) is 0 Å². The number of nitrogens with two attached hydrogens (primary N) is 1. The van der Waals surface area contributed by atoms with Crippen LogP contribution in [0.3, 0.4) is 0 Å². The molecule has 0 aromatic carbocycles. The van der Waals surface area contributed by atoms with Crippen molar-refractivity contribution in [1.82, 2.24) is 4.90 Å². The number of sulfone groups is 1. The van der Waals surface area contributed by atoms with Crippen LogP contribution in [0.2, 0.25) is 0 Å². The second-order valence-electron chi connectivity index (χ2n) is 6.32. The topological polar surface area (TPSA) is 80.5 Å². The van der Waals surface area contributed by atoms with Crippen molar-refractivity contribution in [3.8, 4) is 0 Å². The number of hydrogen-bond acceptors (Lipinski definition) is 4. The third kappa shape index (κ3) is 3.39. The molecule has 0 spiro atoms. The fourth-order valence-electron chi connectivity index (χ4n) is 3.47. The summed E-state index contributed by atoms with van der Waals surface area (Å²) in [5.74, 6) is 0.0159. The Labute approximate surface area is 132 Å². The Hall–Kier alpha value is -0.690. The molecule has 0 aromatic rings. The van der Waals surface area contributed by atoms with Gasteiger partial charge in [0.05, 0.1) is 21.9 Å². The average Bonchev–Trinajstić information content (AvgIpc) is 2.63. The van der Waals surface area contributed by atoms with E-state index in [2.05, 4.69) is 0 Å². The van der Waals surface area contributed by atoms with Crippen LogP contribution in [0.1, 0.15) is 45.4 Å². The van der Waals surface area contributed by atoms with Crippen LogP contribution >= 0.6 is 12.2 Å². The summed E-state index contributed by atoms with van der Waals surface area (Å²) >= 11 is 5.23. The monoisotopic (exact) mass is 332 g/mol. The molecule has 1 atom stereocenters. The average molecular weight is 332 g/mol. The van der Waals surface area contributed by atoms with Crippen LogP contribution in [0, 0.1) is 5.41 Å². The van der Waals surface area contributed by atoms with Gasteiger partial charge in [-0.05, 0) is 19.8 Å². The summed E-state index contributed by atoms with van der Waals surface area (Å²) in [5.41, 5.74) is 5.18. The van der Waals surface area contributed by atoms with Gasteiger partial charge in [0.15, 0.2) is 9.84 Å². The fourth-order valence-corrected chi connectivity index (χ4v) is 5.32. The largest absolute Gasteiger partial charge is 0.392 e. The summed E-state index contributed by atoms with van der Waals surface area (Å²) < 4.78 is 23.4. The van der Waals surface area contributed by atoms with Crippen molar-refractivity contribution in [1.29, 1.82) is 0 Å². The molecule has 2 fully saturated rings. The van der Waals surface area contributed by atoms with Gasteiger partial charge in [-0.3, -0.25) is 4.79 Å². The van der Waals surface area contributed by atoms with Crippen LogP contribution in [0.25, 0.3) is 0 Å². The Bertz CT molecular complexity index is 522. The van der Waals surface area contributed by atoms with Crippen molar-refractivity contribution in [2.45, 2.75) is 51.5 Å². The zero-order chi connectivity index (χ0) is 15.7. The van der Waals surface area contributed by atoms with Crippen molar-refractivity contribution in [3.05, 3.63) is 0 Å². The van der Waals surface area contributed by atoms with E-state index in [4.69, 9.17) is 18.0 Å². The van der Waals surface area contributed by atoms with Crippen LogP contribution in [-0.4, -0.2) is 48.3 Å². The zero-order valence-corrected chi connectivity index (χ0v) is 14.1. The molecule has 1 unspecified atom stereocenters. The highest BCUT2D eigenvalue weighted by Crippen LogP contribution is 2.38. The predicted molar refractivity (Wildman–Crippen MR) is 86.7 cm³/mol. The van der Waals surface area contributed by atoms with Gasteiger partial charge in [0.25, 0.3) is 0 Å². The summed E-state index contributed by atoms with van der Waals surface area (Å²) in [4.78, 5) is 15.0. The lowest BCUT2D eigenvalue weighted by molar-refractivity contribution is -0.140.